The number of nitrogens with zero attached hydrogens (tertiary/aromatic N) is 2. The van der Waals surface area contributed by atoms with E-state index in [1.165, 1.54) is 12.8 Å². The molecule has 1 aliphatic rings. The topological polar surface area (TPSA) is 56.2 Å². The van der Waals surface area contributed by atoms with Gasteiger partial charge < -0.3 is 10.1 Å². The number of rotatable bonds is 7. The number of carbonyl (C=O) groups is 1. The van der Waals surface area contributed by atoms with Gasteiger partial charge in [0, 0.05) is 30.8 Å². The average molecular weight is 327 g/mol. The van der Waals surface area contributed by atoms with Gasteiger partial charge in [-0.2, -0.15) is 5.10 Å². The van der Waals surface area contributed by atoms with E-state index >= 15 is 0 Å². The SMILES string of the molecule is COc1ccc(-c2cnn(CCCC(=O)NC3CCCC3)c2)cc1. The molecule has 1 N–H and O–H groups in total. The molecule has 0 spiro atoms. The minimum atomic E-state index is 0.171. The number of aromatic nitrogens is 2. The number of nitrogens with one attached hydrogen (secondary N) is 1. The average Bonchev–Trinajstić information content (AvgIpc) is 3.27. The Morgan fingerprint density at radius 2 is 2.00 bits per heavy atom. The van der Waals surface area contributed by atoms with Crippen molar-refractivity contribution in [2.75, 3.05) is 7.11 Å². The minimum absolute atomic E-state index is 0.171. The quantitative estimate of drug-likeness (QED) is 0.848. The third-order valence-electron chi connectivity index (χ3n) is 4.57. The van der Waals surface area contributed by atoms with Crippen molar-refractivity contribution in [2.24, 2.45) is 0 Å². The van der Waals surface area contributed by atoms with Crippen molar-refractivity contribution < 1.29 is 9.53 Å². The fourth-order valence-corrected chi connectivity index (χ4v) is 3.19. The number of methoxy groups -OCH3 is 1. The molecular weight excluding hydrogens is 302 g/mol. The minimum Gasteiger partial charge on any atom is -0.497 e. The summed E-state index contributed by atoms with van der Waals surface area (Å²) in [6.07, 6.45) is 10.0. The van der Waals surface area contributed by atoms with E-state index in [0.29, 0.717) is 12.5 Å². The fourth-order valence-electron chi connectivity index (χ4n) is 3.19. The maximum atomic E-state index is 11.9. The summed E-state index contributed by atoms with van der Waals surface area (Å²) in [7, 11) is 1.66. The molecule has 5 nitrogen and oxygen atoms in total. The first-order chi connectivity index (χ1) is 11.7. The molecule has 0 bridgehead atoms. The molecule has 1 heterocycles. The highest BCUT2D eigenvalue weighted by molar-refractivity contribution is 5.76. The molecule has 0 atom stereocenters. The number of aryl methyl sites for hydroxylation is 1. The van der Waals surface area contributed by atoms with Gasteiger partial charge in [0.15, 0.2) is 0 Å². The monoisotopic (exact) mass is 327 g/mol. The highest BCUT2D eigenvalue weighted by Gasteiger charge is 2.16. The van der Waals surface area contributed by atoms with Gasteiger partial charge in [-0.1, -0.05) is 25.0 Å². The molecule has 1 fully saturated rings. The van der Waals surface area contributed by atoms with Gasteiger partial charge in [-0.3, -0.25) is 9.48 Å². The molecule has 1 aliphatic carbocycles. The van der Waals surface area contributed by atoms with Crippen molar-refractivity contribution in [2.45, 2.75) is 51.1 Å². The fraction of sp³-hybridized carbons (Fsp3) is 0.474. The van der Waals surface area contributed by atoms with Crippen LogP contribution < -0.4 is 10.1 Å². The van der Waals surface area contributed by atoms with Crippen LogP contribution in [0.15, 0.2) is 36.7 Å². The highest BCUT2D eigenvalue weighted by Crippen LogP contribution is 2.22. The third-order valence-corrected chi connectivity index (χ3v) is 4.57. The second kappa shape index (κ2) is 7.99. The smallest absolute Gasteiger partial charge is 0.220 e. The van der Waals surface area contributed by atoms with E-state index in [-0.39, 0.29) is 5.91 Å². The molecule has 1 amide bonds. The molecule has 0 aliphatic heterocycles. The zero-order valence-electron chi connectivity index (χ0n) is 14.2. The van der Waals surface area contributed by atoms with E-state index in [2.05, 4.69) is 10.4 Å². The van der Waals surface area contributed by atoms with Crippen LogP contribution in [0.2, 0.25) is 0 Å². The summed E-state index contributed by atoms with van der Waals surface area (Å²) in [5.41, 5.74) is 2.19. The van der Waals surface area contributed by atoms with Gasteiger partial charge in [-0.25, -0.2) is 0 Å². The van der Waals surface area contributed by atoms with Crippen LogP contribution in [0.4, 0.5) is 0 Å². The molecule has 0 radical (unpaired) electrons. The van der Waals surface area contributed by atoms with Crippen LogP contribution >= 0.6 is 0 Å². The molecule has 1 aromatic carbocycles. The van der Waals surface area contributed by atoms with Crippen LogP contribution in [0.1, 0.15) is 38.5 Å². The number of hydrogen-bond donors (Lipinski definition) is 1. The van der Waals surface area contributed by atoms with Gasteiger partial charge in [-0.05, 0) is 37.0 Å². The first-order valence-electron chi connectivity index (χ1n) is 8.71. The van der Waals surface area contributed by atoms with Crippen LogP contribution in [0.3, 0.4) is 0 Å². The Labute approximate surface area is 143 Å². The number of benzene rings is 1. The van der Waals surface area contributed by atoms with E-state index in [1.54, 1.807) is 7.11 Å². The second-order valence-electron chi connectivity index (χ2n) is 6.37. The number of hydrogen-bond acceptors (Lipinski definition) is 3. The molecule has 2 aromatic rings. The van der Waals surface area contributed by atoms with Crippen LogP contribution in [0, 0.1) is 0 Å². The molecule has 5 heteroatoms. The van der Waals surface area contributed by atoms with Crippen molar-refractivity contribution in [3.63, 3.8) is 0 Å². The van der Waals surface area contributed by atoms with Gasteiger partial charge in [0.2, 0.25) is 5.91 Å². The van der Waals surface area contributed by atoms with E-state index in [9.17, 15) is 4.79 Å². The normalized spacial score (nSPS) is 14.7. The van der Waals surface area contributed by atoms with Gasteiger partial charge in [0.25, 0.3) is 0 Å². The molecule has 0 saturated heterocycles. The lowest BCUT2D eigenvalue weighted by Gasteiger charge is -2.11. The van der Waals surface area contributed by atoms with Crippen molar-refractivity contribution >= 4 is 5.91 Å². The van der Waals surface area contributed by atoms with E-state index in [1.807, 2.05) is 41.3 Å². The number of ether oxygens (including phenoxy) is 1. The van der Waals surface area contributed by atoms with Crippen LogP contribution in [0.25, 0.3) is 11.1 Å². The summed E-state index contributed by atoms with van der Waals surface area (Å²) < 4.78 is 7.08. The van der Waals surface area contributed by atoms with Crippen molar-refractivity contribution in [3.8, 4) is 16.9 Å². The van der Waals surface area contributed by atoms with Gasteiger partial charge in [0.1, 0.15) is 5.75 Å². The molecule has 1 aromatic heterocycles. The van der Waals surface area contributed by atoms with Crippen LogP contribution in [0.5, 0.6) is 5.75 Å². The zero-order chi connectivity index (χ0) is 16.8. The van der Waals surface area contributed by atoms with Gasteiger partial charge in [0.05, 0.1) is 13.3 Å². The van der Waals surface area contributed by atoms with E-state index < -0.39 is 0 Å². The summed E-state index contributed by atoms with van der Waals surface area (Å²) in [6.45, 7) is 0.758. The summed E-state index contributed by atoms with van der Waals surface area (Å²) in [5, 5.41) is 7.52. The van der Waals surface area contributed by atoms with Gasteiger partial charge >= 0.3 is 0 Å². The lowest BCUT2D eigenvalue weighted by atomic mass is 10.1. The summed E-state index contributed by atoms with van der Waals surface area (Å²) in [6, 6.07) is 8.34. The van der Waals surface area contributed by atoms with Crippen molar-refractivity contribution in [1.82, 2.24) is 15.1 Å². The molecular formula is C19H25N3O2. The summed E-state index contributed by atoms with van der Waals surface area (Å²) in [4.78, 5) is 11.9. The number of carbonyl (C=O) groups excluding carboxylic acids is 1. The molecule has 3 rings (SSSR count). The predicted molar refractivity (Wildman–Crippen MR) is 93.8 cm³/mol. The third kappa shape index (κ3) is 4.37. The first kappa shape index (κ1) is 16.6. The molecule has 128 valence electrons. The van der Waals surface area contributed by atoms with Crippen LogP contribution in [-0.4, -0.2) is 28.8 Å². The lowest BCUT2D eigenvalue weighted by Crippen LogP contribution is -2.32. The molecule has 0 unspecified atom stereocenters. The lowest BCUT2D eigenvalue weighted by molar-refractivity contribution is -0.121. The first-order valence-corrected chi connectivity index (χ1v) is 8.71. The standard InChI is InChI=1S/C19H25N3O2/c1-24-18-10-8-15(9-11-18)16-13-20-22(14-16)12-4-7-19(23)21-17-5-2-3-6-17/h8-11,13-14,17H,2-7,12H2,1H3,(H,21,23). The Morgan fingerprint density at radius 1 is 1.25 bits per heavy atom. The maximum absolute atomic E-state index is 11.9. The van der Waals surface area contributed by atoms with Crippen LogP contribution in [-0.2, 0) is 11.3 Å². The maximum Gasteiger partial charge on any atom is 0.220 e. The number of amides is 1. The molecule has 24 heavy (non-hydrogen) atoms. The predicted octanol–water partition coefficient (Wildman–Crippen LogP) is 3.40. The zero-order valence-corrected chi connectivity index (χ0v) is 14.2. The molecule has 1 saturated carbocycles. The van der Waals surface area contributed by atoms with E-state index in [4.69, 9.17) is 4.74 Å². The van der Waals surface area contributed by atoms with Crippen molar-refractivity contribution in [3.05, 3.63) is 36.7 Å². The van der Waals surface area contributed by atoms with Gasteiger partial charge in [-0.15, -0.1) is 0 Å². The second-order valence-corrected chi connectivity index (χ2v) is 6.37. The Bertz CT molecular complexity index is 658. The van der Waals surface area contributed by atoms with Crippen molar-refractivity contribution in [1.29, 1.82) is 0 Å². The summed E-state index contributed by atoms with van der Waals surface area (Å²) in [5.74, 6) is 1.02. The Hall–Kier alpha value is -2.30. The highest BCUT2D eigenvalue weighted by atomic mass is 16.5. The Kier molecular flexibility index (Phi) is 5.51. The largest absolute Gasteiger partial charge is 0.497 e. The Morgan fingerprint density at radius 3 is 2.71 bits per heavy atom. The Balaban J connectivity index is 1.46. The van der Waals surface area contributed by atoms with E-state index in [0.717, 1.165) is 42.7 Å². The summed E-state index contributed by atoms with van der Waals surface area (Å²) >= 11 is 0.